The fourth-order valence-electron chi connectivity index (χ4n) is 2.98. The van der Waals surface area contributed by atoms with Gasteiger partial charge in [-0.25, -0.2) is 4.52 Å². The second kappa shape index (κ2) is 6.55. The summed E-state index contributed by atoms with van der Waals surface area (Å²) in [6, 6.07) is 2.19. The van der Waals surface area contributed by atoms with Gasteiger partial charge in [-0.1, -0.05) is 55.4 Å². The van der Waals surface area contributed by atoms with Gasteiger partial charge in [-0.3, -0.25) is 10.2 Å². The van der Waals surface area contributed by atoms with Crippen LogP contribution in [0.4, 0.5) is 11.5 Å². The van der Waals surface area contributed by atoms with Gasteiger partial charge in [0.25, 0.3) is 0 Å². The zero-order chi connectivity index (χ0) is 20.9. The summed E-state index contributed by atoms with van der Waals surface area (Å²) in [5, 5.41) is 37.4. The van der Waals surface area contributed by atoms with E-state index in [1.807, 2.05) is 25.3 Å². The van der Waals surface area contributed by atoms with Crippen molar-refractivity contribution in [2.24, 2.45) is 10.2 Å². The van der Waals surface area contributed by atoms with Crippen molar-refractivity contribution in [1.29, 1.82) is 5.26 Å². The van der Waals surface area contributed by atoms with Crippen LogP contribution in [0.5, 0.6) is 0 Å². The summed E-state index contributed by atoms with van der Waals surface area (Å²) in [4.78, 5) is 0. The Kier molecular flexibility index (Phi) is 4.61. The average molecular weight is 381 g/mol. The monoisotopic (exact) mass is 381 g/mol. The van der Waals surface area contributed by atoms with Crippen molar-refractivity contribution in [2.75, 3.05) is 0 Å². The maximum atomic E-state index is 9.58. The van der Waals surface area contributed by atoms with E-state index in [9.17, 15) is 5.26 Å². The summed E-state index contributed by atoms with van der Waals surface area (Å²) >= 11 is 0. The summed E-state index contributed by atoms with van der Waals surface area (Å²) in [5.41, 5.74) is 2.81. The number of azo groups is 1. The Morgan fingerprint density at radius 3 is 2.18 bits per heavy atom. The molecule has 3 aromatic rings. The Morgan fingerprint density at radius 1 is 1.00 bits per heavy atom. The molecule has 0 aliphatic rings. The van der Waals surface area contributed by atoms with Crippen molar-refractivity contribution in [3.05, 3.63) is 22.8 Å². The number of nitrogens with zero attached hydrogens (tertiary/aromatic N) is 7. The van der Waals surface area contributed by atoms with Gasteiger partial charge in [0.2, 0.25) is 11.5 Å². The molecular formula is C19H27N9. The van der Waals surface area contributed by atoms with Crippen LogP contribution < -0.4 is 0 Å². The lowest BCUT2D eigenvalue weighted by molar-refractivity contribution is 0.558. The number of aromatic amines is 2. The van der Waals surface area contributed by atoms with Crippen LogP contribution >= 0.6 is 0 Å². The van der Waals surface area contributed by atoms with Crippen LogP contribution in [-0.4, -0.2) is 30.0 Å². The highest BCUT2D eigenvalue weighted by Gasteiger charge is 2.27. The number of hydrogen-bond acceptors (Lipinski definition) is 6. The minimum absolute atomic E-state index is 0.205. The molecule has 0 aromatic carbocycles. The number of aromatic nitrogens is 6. The molecule has 3 aromatic heterocycles. The molecule has 3 heterocycles. The van der Waals surface area contributed by atoms with E-state index in [1.54, 1.807) is 0 Å². The van der Waals surface area contributed by atoms with Crippen LogP contribution in [0.3, 0.4) is 0 Å². The lowest BCUT2D eigenvalue weighted by atomic mass is 9.90. The van der Waals surface area contributed by atoms with Crippen LogP contribution in [0.15, 0.2) is 10.2 Å². The highest BCUT2D eigenvalue weighted by Crippen LogP contribution is 2.36. The van der Waals surface area contributed by atoms with Gasteiger partial charge in [-0.05, 0) is 0 Å². The highest BCUT2D eigenvalue weighted by atomic mass is 15.4. The molecule has 0 amide bonds. The Morgan fingerprint density at radius 2 is 1.64 bits per heavy atom. The number of nitriles is 1. The minimum atomic E-state index is -0.247. The molecule has 148 valence electrons. The van der Waals surface area contributed by atoms with Crippen LogP contribution in [0.25, 0.3) is 5.65 Å². The van der Waals surface area contributed by atoms with E-state index in [1.165, 1.54) is 0 Å². The Labute approximate surface area is 164 Å². The highest BCUT2D eigenvalue weighted by molar-refractivity contribution is 5.68. The van der Waals surface area contributed by atoms with Crippen LogP contribution in [0, 0.1) is 11.3 Å². The van der Waals surface area contributed by atoms with E-state index < -0.39 is 0 Å². The molecule has 0 unspecified atom stereocenters. The first-order valence-corrected chi connectivity index (χ1v) is 9.33. The normalized spacial score (nSPS) is 13.1. The first-order valence-electron chi connectivity index (χ1n) is 9.33. The van der Waals surface area contributed by atoms with E-state index in [2.05, 4.69) is 76.4 Å². The van der Waals surface area contributed by atoms with Gasteiger partial charge in [0.15, 0.2) is 11.5 Å². The van der Waals surface area contributed by atoms with Crippen LogP contribution in [0.2, 0.25) is 0 Å². The summed E-state index contributed by atoms with van der Waals surface area (Å²) < 4.78 is 1.86. The van der Waals surface area contributed by atoms with E-state index in [-0.39, 0.29) is 22.6 Å². The lowest BCUT2D eigenvalue weighted by Crippen LogP contribution is -2.13. The smallest absolute Gasteiger partial charge is 0.213 e. The van der Waals surface area contributed by atoms with Crippen molar-refractivity contribution in [3.8, 4) is 6.07 Å². The standard InChI is InChI=1S/C19H27N9/c1-10(2)16-25-26-17-12(14(19(6,7)8)27-28(16)17)21-23-15-11(9-20)13(22-24-15)18(3,4)5/h10,27H,1-8H3,(H,22,24). The quantitative estimate of drug-likeness (QED) is 0.633. The number of H-pyrrole nitrogens is 2. The Bertz CT molecular complexity index is 1070. The average Bonchev–Trinajstić information content (AvgIpc) is 3.23. The zero-order valence-corrected chi connectivity index (χ0v) is 17.7. The fraction of sp³-hybridized carbons (Fsp3) is 0.579. The van der Waals surface area contributed by atoms with Gasteiger partial charge in [0.1, 0.15) is 11.6 Å². The van der Waals surface area contributed by atoms with Crippen LogP contribution in [0.1, 0.15) is 84.1 Å². The summed E-state index contributed by atoms with van der Waals surface area (Å²) in [6.45, 7) is 16.4. The van der Waals surface area contributed by atoms with Gasteiger partial charge >= 0.3 is 0 Å². The van der Waals surface area contributed by atoms with E-state index >= 15 is 0 Å². The lowest BCUT2D eigenvalue weighted by Gasteiger charge is -2.16. The van der Waals surface area contributed by atoms with Crippen LogP contribution in [-0.2, 0) is 10.8 Å². The number of rotatable bonds is 3. The predicted molar refractivity (Wildman–Crippen MR) is 106 cm³/mol. The first kappa shape index (κ1) is 19.7. The molecule has 0 radical (unpaired) electrons. The molecule has 0 bridgehead atoms. The molecule has 28 heavy (non-hydrogen) atoms. The third kappa shape index (κ3) is 3.30. The molecule has 0 saturated heterocycles. The summed E-state index contributed by atoms with van der Waals surface area (Å²) in [6.07, 6.45) is 0. The van der Waals surface area contributed by atoms with E-state index in [0.717, 1.165) is 17.2 Å². The van der Waals surface area contributed by atoms with Gasteiger partial charge in [0.05, 0.1) is 11.4 Å². The minimum Gasteiger partial charge on any atom is -0.292 e. The van der Waals surface area contributed by atoms with Gasteiger partial charge in [0, 0.05) is 16.7 Å². The Balaban J connectivity index is 2.15. The van der Waals surface area contributed by atoms with E-state index in [0.29, 0.717) is 16.9 Å². The van der Waals surface area contributed by atoms with E-state index in [4.69, 9.17) is 0 Å². The fourth-order valence-corrected chi connectivity index (χ4v) is 2.98. The number of fused-ring (bicyclic) bond motifs is 1. The molecule has 0 saturated carbocycles. The third-order valence-corrected chi connectivity index (χ3v) is 4.48. The van der Waals surface area contributed by atoms with Crippen molar-refractivity contribution in [2.45, 2.75) is 72.1 Å². The van der Waals surface area contributed by atoms with Crippen molar-refractivity contribution in [3.63, 3.8) is 0 Å². The molecule has 2 N–H and O–H groups in total. The Hall–Kier alpha value is -3.02. The van der Waals surface area contributed by atoms with Gasteiger partial charge in [-0.15, -0.1) is 20.4 Å². The van der Waals surface area contributed by atoms with Crippen molar-refractivity contribution in [1.82, 2.24) is 30.0 Å². The molecule has 3 rings (SSSR count). The van der Waals surface area contributed by atoms with Crippen molar-refractivity contribution < 1.29 is 0 Å². The largest absolute Gasteiger partial charge is 0.292 e. The number of nitrogens with one attached hydrogen (secondary N) is 2. The second-order valence-electron chi connectivity index (χ2n) is 9.32. The summed E-state index contributed by atoms with van der Waals surface area (Å²) in [5.74, 6) is 1.31. The van der Waals surface area contributed by atoms with Crippen molar-refractivity contribution >= 4 is 17.2 Å². The molecule has 0 aliphatic carbocycles. The van der Waals surface area contributed by atoms with Gasteiger partial charge < -0.3 is 0 Å². The molecule has 9 heteroatoms. The molecule has 0 atom stereocenters. The second-order valence-corrected chi connectivity index (χ2v) is 9.32. The first-order chi connectivity index (χ1) is 12.9. The molecule has 0 aliphatic heterocycles. The molecule has 0 spiro atoms. The maximum absolute atomic E-state index is 9.58. The predicted octanol–water partition coefficient (Wildman–Crippen LogP) is 4.79. The molecule has 0 fully saturated rings. The third-order valence-electron chi connectivity index (χ3n) is 4.48. The SMILES string of the molecule is CC(C)c1nnc2c(N=Nc3n[nH]c(C(C)(C)C)c3C#N)c(C(C)(C)C)[nH]n12. The topological polar surface area (TPSA) is 123 Å². The zero-order valence-electron chi connectivity index (χ0n) is 17.7. The summed E-state index contributed by atoms with van der Waals surface area (Å²) in [7, 11) is 0. The molecular weight excluding hydrogens is 354 g/mol. The van der Waals surface area contributed by atoms with Gasteiger partial charge in [-0.2, -0.15) is 10.4 Å². The molecule has 9 nitrogen and oxygen atoms in total. The number of hydrogen-bond donors (Lipinski definition) is 2. The maximum Gasteiger partial charge on any atom is 0.213 e.